The summed E-state index contributed by atoms with van der Waals surface area (Å²) in [5, 5.41) is 11.0. The highest BCUT2D eigenvalue weighted by molar-refractivity contribution is 6.35. The van der Waals surface area contributed by atoms with Crippen molar-refractivity contribution in [2.24, 2.45) is 0 Å². The van der Waals surface area contributed by atoms with Crippen molar-refractivity contribution in [3.05, 3.63) is 0 Å². The van der Waals surface area contributed by atoms with E-state index in [4.69, 9.17) is 9.84 Å². The van der Waals surface area contributed by atoms with Crippen LogP contribution in [-0.4, -0.2) is 61.3 Å². The number of nitrogens with one attached hydrogen (secondary N) is 1. The molecule has 1 saturated heterocycles. The van der Waals surface area contributed by atoms with Crippen LogP contribution in [0.25, 0.3) is 0 Å². The minimum atomic E-state index is -0.606. The van der Waals surface area contributed by atoms with Crippen molar-refractivity contribution in [1.29, 1.82) is 0 Å². The minimum Gasteiger partial charge on any atom is -0.396 e. The summed E-state index contributed by atoms with van der Waals surface area (Å²) < 4.78 is 5.07. The average Bonchev–Trinajstić information content (AvgIpc) is 2.29. The molecule has 6 heteroatoms. The lowest BCUT2D eigenvalue weighted by Gasteiger charge is -2.26. The molecule has 0 aliphatic carbocycles. The molecule has 1 heterocycles. The summed E-state index contributed by atoms with van der Waals surface area (Å²) >= 11 is 0. The Labute approximate surface area is 88.2 Å². The number of aliphatic hydroxyl groups excluding tert-OH is 1. The topological polar surface area (TPSA) is 78.9 Å². The monoisotopic (exact) mass is 216 g/mol. The zero-order chi connectivity index (χ0) is 11.1. The van der Waals surface area contributed by atoms with E-state index >= 15 is 0 Å². The van der Waals surface area contributed by atoms with Gasteiger partial charge in [-0.2, -0.15) is 0 Å². The SMILES string of the molecule is O=C(NCCCO)C(=O)N1CCOCC1. The highest BCUT2D eigenvalue weighted by Gasteiger charge is 2.22. The van der Waals surface area contributed by atoms with E-state index in [2.05, 4.69) is 5.32 Å². The first-order valence-electron chi connectivity index (χ1n) is 5.01. The molecule has 15 heavy (non-hydrogen) atoms. The number of nitrogens with zero attached hydrogens (tertiary/aromatic N) is 1. The van der Waals surface area contributed by atoms with E-state index in [0.29, 0.717) is 39.3 Å². The highest BCUT2D eigenvalue weighted by Crippen LogP contribution is 1.97. The summed E-state index contributed by atoms with van der Waals surface area (Å²) in [6, 6.07) is 0. The van der Waals surface area contributed by atoms with Crippen molar-refractivity contribution in [1.82, 2.24) is 10.2 Å². The van der Waals surface area contributed by atoms with E-state index in [0.717, 1.165) is 0 Å². The smallest absolute Gasteiger partial charge is 0.312 e. The van der Waals surface area contributed by atoms with Crippen molar-refractivity contribution < 1.29 is 19.4 Å². The lowest BCUT2D eigenvalue weighted by molar-refractivity contribution is -0.148. The van der Waals surface area contributed by atoms with Gasteiger partial charge >= 0.3 is 11.8 Å². The average molecular weight is 216 g/mol. The van der Waals surface area contributed by atoms with Gasteiger partial charge in [0.15, 0.2) is 0 Å². The summed E-state index contributed by atoms with van der Waals surface area (Å²) in [5.41, 5.74) is 0. The number of amides is 2. The molecule has 6 nitrogen and oxygen atoms in total. The Hall–Kier alpha value is -1.14. The standard InChI is InChI=1S/C9H16N2O4/c12-5-1-2-10-8(13)9(14)11-3-6-15-7-4-11/h12H,1-7H2,(H,10,13). The zero-order valence-electron chi connectivity index (χ0n) is 8.57. The summed E-state index contributed by atoms with van der Waals surface area (Å²) in [5.74, 6) is -1.12. The molecular formula is C9H16N2O4. The fourth-order valence-corrected chi connectivity index (χ4v) is 1.27. The van der Waals surface area contributed by atoms with Crippen LogP contribution in [0.5, 0.6) is 0 Å². The van der Waals surface area contributed by atoms with Gasteiger partial charge in [0.1, 0.15) is 0 Å². The molecule has 1 aliphatic rings. The highest BCUT2D eigenvalue weighted by atomic mass is 16.5. The summed E-state index contributed by atoms with van der Waals surface area (Å²) in [7, 11) is 0. The van der Waals surface area contributed by atoms with Crippen LogP contribution in [0.4, 0.5) is 0 Å². The van der Waals surface area contributed by atoms with Crippen molar-refractivity contribution >= 4 is 11.8 Å². The molecule has 0 aromatic heterocycles. The Morgan fingerprint density at radius 2 is 2.00 bits per heavy atom. The summed E-state index contributed by atoms with van der Waals surface area (Å²) in [6.07, 6.45) is 0.460. The number of aliphatic hydroxyl groups is 1. The molecule has 86 valence electrons. The van der Waals surface area contributed by atoms with Gasteiger partial charge in [0.2, 0.25) is 0 Å². The first kappa shape index (κ1) is 11.9. The van der Waals surface area contributed by atoms with E-state index in [1.807, 2.05) is 0 Å². The molecule has 1 fully saturated rings. The largest absolute Gasteiger partial charge is 0.396 e. The van der Waals surface area contributed by atoms with Crippen LogP contribution >= 0.6 is 0 Å². The molecule has 0 aromatic rings. The van der Waals surface area contributed by atoms with Gasteiger partial charge < -0.3 is 20.1 Å². The Morgan fingerprint density at radius 3 is 2.60 bits per heavy atom. The molecular weight excluding hydrogens is 200 g/mol. The summed E-state index contributed by atoms with van der Waals surface area (Å²) in [6.45, 7) is 2.22. The lowest BCUT2D eigenvalue weighted by atomic mass is 10.3. The van der Waals surface area contributed by atoms with Crippen LogP contribution in [0.3, 0.4) is 0 Å². The van der Waals surface area contributed by atoms with Crippen molar-refractivity contribution in [3.63, 3.8) is 0 Å². The van der Waals surface area contributed by atoms with Crippen LogP contribution in [-0.2, 0) is 14.3 Å². The molecule has 2 N–H and O–H groups in total. The summed E-state index contributed by atoms with van der Waals surface area (Å²) in [4.78, 5) is 24.3. The second-order valence-corrected chi connectivity index (χ2v) is 3.24. The Kier molecular flexibility index (Phi) is 5.06. The molecule has 0 aromatic carbocycles. The number of carbonyl (C=O) groups excluding carboxylic acids is 2. The van der Waals surface area contributed by atoms with Crippen LogP contribution in [0.1, 0.15) is 6.42 Å². The molecule has 0 unspecified atom stereocenters. The second kappa shape index (κ2) is 6.36. The molecule has 0 spiro atoms. The first-order chi connectivity index (χ1) is 7.25. The van der Waals surface area contributed by atoms with Gasteiger partial charge in [-0.1, -0.05) is 0 Å². The third-order valence-electron chi connectivity index (χ3n) is 2.11. The normalized spacial score (nSPS) is 16.2. The van der Waals surface area contributed by atoms with Crippen LogP contribution < -0.4 is 5.32 Å². The van der Waals surface area contributed by atoms with E-state index in [-0.39, 0.29) is 6.61 Å². The maximum absolute atomic E-state index is 11.5. The quantitative estimate of drug-likeness (QED) is 0.437. The Bertz CT molecular complexity index is 226. The van der Waals surface area contributed by atoms with Crippen LogP contribution in [0.15, 0.2) is 0 Å². The van der Waals surface area contributed by atoms with Crippen LogP contribution in [0.2, 0.25) is 0 Å². The molecule has 0 radical (unpaired) electrons. The predicted octanol–water partition coefficient (Wildman–Crippen LogP) is -1.66. The van der Waals surface area contributed by atoms with Gasteiger partial charge in [-0.05, 0) is 6.42 Å². The van der Waals surface area contributed by atoms with E-state index < -0.39 is 11.8 Å². The lowest BCUT2D eigenvalue weighted by Crippen LogP contribution is -2.48. The fourth-order valence-electron chi connectivity index (χ4n) is 1.27. The number of ether oxygens (including phenoxy) is 1. The zero-order valence-corrected chi connectivity index (χ0v) is 8.57. The van der Waals surface area contributed by atoms with Crippen LogP contribution in [0, 0.1) is 0 Å². The Morgan fingerprint density at radius 1 is 1.33 bits per heavy atom. The van der Waals surface area contributed by atoms with Crippen molar-refractivity contribution in [3.8, 4) is 0 Å². The third-order valence-corrected chi connectivity index (χ3v) is 2.11. The number of rotatable bonds is 3. The number of hydrogen-bond donors (Lipinski definition) is 2. The maximum Gasteiger partial charge on any atom is 0.312 e. The minimum absolute atomic E-state index is 0.00598. The molecule has 0 bridgehead atoms. The van der Waals surface area contributed by atoms with Crippen molar-refractivity contribution in [2.45, 2.75) is 6.42 Å². The van der Waals surface area contributed by atoms with Gasteiger partial charge in [-0.25, -0.2) is 0 Å². The molecule has 1 rings (SSSR count). The number of carbonyl (C=O) groups is 2. The third kappa shape index (κ3) is 3.85. The van der Waals surface area contributed by atoms with Gasteiger partial charge in [0.05, 0.1) is 13.2 Å². The van der Waals surface area contributed by atoms with Gasteiger partial charge in [-0.15, -0.1) is 0 Å². The fraction of sp³-hybridized carbons (Fsp3) is 0.778. The Balaban J connectivity index is 2.28. The van der Waals surface area contributed by atoms with E-state index in [1.54, 1.807) is 0 Å². The molecule has 0 atom stereocenters. The number of morpholine rings is 1. The predicted molar refractivity (Wildman–Crippen MR) is 52.1 cm³/mol. The molecule has 1 aliphatic heterocycles. The van der Waals surface area contributed by atoms with Gasteiger partial charge in [0, 0.05) is 26.2 Å². The van der Waals surface area contributed by atoms with E-state index in [1.165, 1.54) is 4.90 Å². The molecule has 2 amide bonds. The van der Waals surface area contributed by atoms with Crippen molar-refractivity contribution in [2.75, 3.05) is 39.5 Å². The first-order valence-corrected chi connectivity index (χ1v) is 5.01. The maximum atomic E-state index is 11.5. The van der Waals surface area contributed by atoms with Gasteiger partial charge in [0.25, 0.3) is 0 Å². The van der Waals surface area contributed by atoms with Gasteiger partial charge in [-0.3, -0.25) is 9.59 Å². The number of hydrogen-bond acceptors (Lipinski definition) is 4. The second-order valence-electron chi connectivity index (χ2n) is 3.24. The van der Waals surface area contributed by atoms with E-state index in [9.17, 15) is 9.59 Å². The molecule has 0 saturated carbocycles.